The summed E-state index contributed by atoms with van der Waals surface area (Å²) >= 11 is 0. The van der Waals surface area contributed by atoms with Crippen LogP contribution in [-0.2, 0) is 18.2 Å². The molecule has 2 rings (SSSR count). The Balaban J connectivity index is 0.00000200. The lowest BCUT2D eigenvalue weighted by atomic mass is 10.1. The van der Waals surface area contributed by atoms with Crippen LogP contribution in [0.2, 0.25) is 0 Å². The van der Waals surface area contributed by atoms with Crippen molar-refractivity contribution in [1.29, 1.82) is 0 Å². The van der Waals surface area contributed by atoms with Gasteiger partial charge in [-0.2, -0.15) is 5.10 Å². The first-order chi connectivity index (χ1) is 9.09. The maximum atomic E-state index is 5.99. The van der Waals surface area contributed by atoms with Gasteiger partial charge >= 0.3 is 0 Å². The number of hydrogen-bond donors (Lipinski definition) is 1. The van der Waals surface area contributed by atoms with E-state index in [0.29, 0.717) is 12.5 Å². The van der Waals surface area contributed by atoms with Crippen molar-refractivity contribution in [3.63, 3.8) is 0 Å². The van der Waals surface area contributed by atoms with E-state index in [2.05, 4.69) is 21.9 Å². The maximum absolute atomic E-state index is 5.99. The minimum atomic E-state index is 0. The molecule has 1 aliphatic heterocycles. The van der Waals surface area contributed by atoms with Crippen LogP contribution in [0.3, 0.4) is 0 Å². The van der Waals surface area contributed by atoms with Gasteiger partial charge in [-0.15, -0.1) is 24.0 Å². The molecule has 2 heterocycles. The zero-order chi connectivity index (χ0) is 13.8. The number of morpholine rings is 1. The first-order valence-electron chi connectivity index (χ1n) is 6.71. The average Bonchev–Trinajstić information content (AvgIpc) is 2.66. The number of ether oxygens (including phenoxy) is 1. The van der Waals surface area contributed by atoms with Gasteiger partial charge < -0.3 is 15.4 Å². The van der Waals surface area contributed by atoms with Crippen LogP contribution >= 0.6 is 24.0 Å². The molecule has 0 spiro atoms. The summed E-state index contributed by atoms with van der Waals surface area (Å²) in [5.74, 6) is 0.627. The lowest BCUT2D eigenvalue weighted by Crippen LogP contribution is -2.44. The third-order valence-corrected chi connectivity index (χ3v) is 3.63. The molecule has 114 valence electrons. The van der Waals surface area contributed by atoms with E-state index < -0.39 is 0 Å². The van der Waals surface area contributed by atoms with Gasteiger partial charge in [0, 0.05) is 32.4 Å². The monoisotopic (exact) mass is 393 g/mol. The van der Waals surface area contributed by atoms with Crippen LogP contribution in [0.15, 0.2) is 4.99 Å². The highest BCUT2D eigenvalue weighted by Gasteiger charge is 2.12. The van der Waals surface area contributed by atoms with Gasteiger partial charge in [0.25, 0.3) is 0 Å². The molecule has 0 saturated carbocycles. The largest absolute Gasteiger partial charge is 0.378 e. The third kappa shape index (κ3) is 4.08. The quantitative estimate of drug-likeness (QED) is 0.470. The summed E-state index contributed by atoms with van der Waals surface area (Å²) in [6, 6.07) is 0. The first-order valence-corrected chi connectivity index (χ1v) is 6.71. The Morgan fingerprint density at radius 1 is 1.35 bits per heavy atom. The van der Waals surface area contributed by atoms with E-state index in [1.165, 1.54) is 11.3 Å². The Kier molecular flexibility index (Phi) is 6.74. The molecule has 1 aromatic heterocycles. The second kappa shape index (κ2) is 7.82. The second-order valence-electron chi connectivity index (χ2n) is 4.86. The predicted octanol–water partition coefficient (Wildman–Crippen LogP) is 0.844. The van der Waals surface area contributed by atoms with Crippen molar-refractivity contribution in [3.8, 4) is 0 Å². The van der Waals surface area contributed by atoms with E-state index in [1.54, 1.807) is 0 Å². The number of aromatic nitrogens is 2. The molecule has 1 fully saturated rings. The number of guanidine groups is 1. The first kappa shape index (κ1) is 17.2. The fourth-order valence-corrected chi connectivity index (χ4v) is 2.35. The van der Waals surface area contributed by atoms with E-state index in [1.807, 2.05) is 18.7 Å². The average molecular weight is 393 g/mol. The number of aliphatic imine (C=N–C) groups is 1. The molecular formula is C13H24IN5O. The molecule has 2 N–H and O–H groups in total. The second-order valence-corrected chi connectivity index (χ2v) is 4.86. The maximum Gasteiger partial charge on any atom is 0.191 e. The van der Waals surface area contributed by atoms with Crippen LogP contribution in [-0.4, -0.2) is 53.5 Å². The highest BCUT2D eigenvalue weighted by molar-refractivity contribution is 14.0. The molecule has 1 aliphatic rings. The molecule has 20 heavy (non-hydrogen) atoms. The molecule has 1 saturated heterocycles. The van der Waals surface area contributed by atoms with Crippen LogP contribution in [0.4, 0.5) is 0 Å². The Hall–Kier alpha value is -0.830. The van der Waals surface area contributed by atoms with Crippen molar-refractivity contribution >= 4 is 29.9 Å². The van der Waals surface area contributed by atoms with Crippen molar-refractivity contribution in [1.82, 2.24) is 14.7 Å². The molecule has 6 nitrogen and oxygen atoms in total. The van der Waals surface area contributed by atoms with Crippen LogP contribution in [0, 0.1) is 13.8 Å². The molecule has 0 bridgehead atoms. The van der Waals surface area contributed by atoms with E-state index in [9.17, 15) is 0 Å². The van der Waals surface area contributed by atoms with Gasteiger partial charge in [-0.1, -0.05) is 0 Å². The number of hydrogen-bond acceptors (Lipinski definition) is 3. The van der Waals surface area contributed by atoms with Gasteiger partial charge in [0.2, 0.25) is 0 Å². The van der Waals surface area contributed by atoms with Gasteiger partial charge in [-0.05, 0) is 25.8 Å². The smallest absolute Gasteiger partial charge is 0.191 e. The van der Waals surface area contributed by atoms with E-state index >= 15 is 0 Å². The summed E-state index contributed by atoms with van der Waals surface area (Å²) < 4.78 is 7.21. The highest BCUT2D eigenvalue weighted by atomic mass is 127. The standard InChI is InChI=1S/C13H23N5O.HI/c1-10-12(11(2)17(3)16-10)4-5-15-13(14)18-6-8-19-9-7-18;/h4-9H2,1-3H3,(H2,14,15);1H. The number of aryl methyl sites for hydroxylation is 2. The Morgan fingerprint density at radius 2 is 2.00 bits per heavy atom. The van der Waals surface area contributed by atoms with Crippen molar-refractivity contribution in [2.24, 2.45) is 17.8 Å². The van der Waals surface area contributed by atoms with Crippen LogP contribution < -0.4 is 5.73 Å². The van der Waals surface area contributed by atoms with Gasteiger partial charge in [0.05, 0.1) is 18.9 Å². The Labute approximate surface area is 137 Å². The van der Waals surface area contributed by atoms with E-state index in [0.717, 1.165) is 38.4 Å². The highest BCUT2D eigenvalue weighted by Crippen LogP contribution is 2.12. The van der Waals surface area contributed by atoms with Crippen LogP contribution in [0.1, 0.15) is 17.0 Å². The number of nitrogens with two attached hydrogens (primary N) is 1. The minimum Gasteiger partial charge on any atom is -0.378 e. The lowest BCUT2D eigenvalue weighted by Gasteiger charge is -2.27. The van der Waals surface area contributed by atoms with E-state index in [-0.39, 0.29) is 24.0 Å². The van der Waals surface area contributed by atoms with Crippen molar-refractivity contribution < 1.29 is 4.74 Å². The summed E-state index contributed by atoms with van der Waals surface area (Å²) in [5.41, 5.74) is 9.56. The fourth-order valence-electron chi connectivity index (χ4n) is 2.35. The summed E-state index contributed by atoms with van der Waals surface area (Å²) in [7, 11) is 1.97. The van der Waals surface area contributed by atoms with Gasteiger partial charge in [-0.25, -0.2) is 0 Å². The molecule has 0 aliphatic carbocycles. The zero-order valence-corrected chi connectivity index (χ0v) is 14.8. The summed E-state index contributed by atoms with van der Waals surface area (Å²) in [5, 5.41) is 4.41. The summed E-state index contributed by atoms with van der Waals surface area (Å²) in [6.07, 6.45) is 0.885. The topological polar surface area (TPSA) is 68.7 Å². The molecule has 0 atom stereocenters. The minimum absolute atomic E-state index is 0. The fraction of sp³-hybridized carbons (Fsp3) is 0.692. The zero-order valence-electron chi connectivity index (χ0n) is 12.4. The summed E-state index contributed by atoms with van der Waals surface area (Å²) in [4.78, 5) is 6.54. The Bertz CT molecular complexity index is 466. The van der Waals surface area contributed by atoms with Gasteiger partial charge in [0.1, 0.15) is 0 Å². The SMILES string of the molecule is Cc1nn(C)c(C)c1CCN=C(N)N1CCOCC1.I. The molecule has 1 aromatic rings. The van der Waals surface area contributed by atoms with Crippen molar-refractivity contribution in [3.05, 3.63) is 17.0 Å². The van der Waals surface area contributed by atoms with Gasteiger partial charge in [0.15, 0.2) is 5.96 Å². The lowest BCUT2D eigenvalue weighted by molar-refractivity contribution is 0.0674. The molecule has 0 unspecified atom stereocenters. The van der Waals surface area contributed by atoms with Crippen LogP contribution in [0.5, 0.6) is 0 Å². The van der Waals surface area contributed by atoms with E-state index in [4.69, 9.17) is 10.5 Å². The number of rotatable bonds is 3. The molecule has 0 aromatic carbocycles. The molecule has 7 heteroatoms. The molecule has 0 amide bonds. The number of halogens is 1. The van der Waals surface area contributed by atoms with Crippen molar-refractivity contribution in [2.75, 3.05) is 32.8 Å². The van der Waals surface area contributed by atoms with Crippen molar-refractivity contribution in [2.45, 2.75) is 20.3 Å². The van der Waals surface area contributed by atoms with Gasteiger partial charge in [-0.3, -0.25) is 9.67 Å². The Morgan fingerprint density at radius 3 is 2.55 bits per heavy atom. The molecule has 0 radical (unpaired) electrons. The normalized spacial score (nSPS) is 16.1. The predicted molar refractivity (Wildman–Crippen MR) is 90.7 cm³/mol. The molecular weight excluding hydrogens is 369 g/mol. The number of nitrogens with zero attached hydrogens (tertiary/aromatic N) is 4. The van der Waals surface area contributed by atoms with Crippen LogP contribution in [0.25, 0.3) is 0 Å². The third-order valence-electron chi connectivity index (χ3n) is 3.63. The summed E-state index contributed by atoms with van der Waals surface area (Å²) in [6.45, 7) is 7.97.